The molecule has 0 aliphatic heterocycles. The van der Waals surface area contributed by atoms with Crippen LogP contribution >= 0.6 is 0 Å². The van der Waals surface area contributed by atoms with Gasteiger partial charge in [0.2, 0.25) is 0 Å². The predicted molar refractivity (Wildman–Crippen MR) is 74.8 cm³/mol. The van der Waals surface area contributed by atoms with Gasteiger partial charge in [-0.05, 0) is 11.6 Å². The van der Waals surface area contributed by atoms with Crippen molar-refractivity contribution in [1.29, 1.82) is 0 Å². The summed E-state index contributed by atoms with van der Waals surface area (Å²) in [5.74, 6) is 0. The molecule has 2 heterocycles. The van der Waals surface area contributed by atoms with Crippen molar-refractivity contribution >= 4 is 24.1 Å². The van der Waals surface area contributed by atoms with Gasteiger partial charge in [0.05, 0.1) is 11.1 Å². The van der Waals surface area contributed by atoms with E-state index < -0.39 is 0 Å². The quantitative estimate of drug-likeness (QED) is 0.678. The second kappa shape index (κ2) is 4.68. The first-order chi connectivity index (χ1) is 9.24. The third-order valence-electron chi connectivity index (χ3n) is 2.96. The van der Waals surface area contributed by atoms with Crippen molar-refractivity contribution in [3.63, 3.8) is 0 Å². The first kappa shape index (κ1) is 11.7. The van der Waals surface area contributed by atoms with E-state index in [1.807, 2.05) is 24.3 Å². The van der Waals surface area contributed by atoms with Crippen molar-refractivity contribution in [1.82, 2.24) is 15.2 Å². The monoisotopic (exact) mass is 247 g/mol. The highest BCUT2D eigenvalue weighted by atomic mass is 16.1. The smallest absolute Gasteiger partial charge is 0.267 e. The molecule has 0 aliphatic rings. The molecule has 0 fully saturated rings. The number of hydrogen-bond acceptors (Lipinski definition) is 3. The molecule has 0 saturated heterocycles. The van der Waals surface area contributed by atoms with E-state index in [-0.39, 0.29) is 5.56 Å². The number of rotatable bonds is 2. The average Bonchev–Trinajstić information content (AvgIpc) is 2.42. The van der Waals surface area contributed by atoms with E-state index in [0.717, 1.165) is 16.6 Å². The second-order valence-electron chi connectivity index (χ2n) is 4.35. The summed E-state index contributed by atoms with van der Waals surface area (Å²) in [7, 11) is 5.71. The zero-order valence-corrected chi connectivity index (χ0v) is 10.1. The van der Waals surface area contributed by atoms with Crippen LogP contribution in [0.4, 0.5) is 0 Å². The van der Waals surface area contributed by atoms with Crippen molar-refractivity contribution < 1.29 is 0 Å². The summed E-state index contributed by atoms with van der Waals surface area (Å²) in [4.78, 5) is 15.7. The van der Waals surface area contributed by atoms with Crippen LogP contribution in [0.1, 0.15) is 11.3 Å². The highest BCUT2D eigenvalue weighted by Gasteiger charge is 2.06. The molecule has 2 radical (unpaired) electrons. The average molecular weight is 247 g/mol. The molecular weight excluding hydrogens is 237 g/mol. The van der Waals surface area contributed by atoms with Gasteiger partial charge in [-0.3, -0.25) is 9.78 Å². The molecule has 5 heteroatoms. The number of aromatic nitrogens is 3. The van der Waals surface area contributed by atoms with E-state index in [1.165, 1.54) is 0 Å². The van der Waals surface area contributed by atoms with Crippen LogP contribution < -0.4 is 11.0 Å². The minimum absolute atomic E-state index is 0.176. The van der Waals surface area contributed by atoms with Gasteiger partial charge in [-0.1, -0.05) is 29.7 Å². The molecule has 0 aliphatic carbocycles. The number of pyridine rings is 1. The van der Waals surface area contributed by atoms with E-state index in [2.05, 4.69) is 15.2 Å². The molecule has 0 bridgehead atoms. The van der Waals surface area contributed by atoms with Gasteiger partial charge in [0.25, 0.3) is 5.56 Å². The van der Waals surface area contributed by atoms with E-state index in [0.29, 0.717) is 17.3 Å². The molecular formula is C14H10BN3O. The molecule has 4 nitrogen and oxygen atoms in total. The largest absolute Gasteiger partial charge is 0.272 e. The Labute approximate surface area is 110 Å². The van der Waals surface area contributed by atoms with Gasteiger partial charge < -0.3 is 0 Å². The fourth-order valence-corrected chi connectivity index (χ4v) is 2.10. The standard InChI is InChI=1S/C14H10BN3O/c15-10-5-9(7-16-8-10)6-13-11-3-1-2-4-12(11)14(19)18-17-13/h1-5,7-8H,6H2,(H,18,19). The molecule has 90 valence electrons. The Morgan fingerprint density at radius 3 is 2.74 bits per heavy atom. The highest BCUT2D eigenvalue weighted by molar-refractivity contribution is 6.32. The minimum atomic E-state index is -0.176. The Morgan fingerprint density at radius 2 is 1.95 bits per heavy atom. The topological polar surface area (TPSA) is 58.6 Å². The molecule has 0 amide bonds. The fourth-order valence-electron chi connectivity index (χ4n) is 2.10. The van der Waals surface area contributed by atoms with Crippen molar-refractivity contribution in [2.24, 2.45) is 0 Å². The SMILES string of the molecule is [B]c1cncc(Cc2n[nH]c(=O)c3ccccc23)c1. The Hall–Kier alpha value is -2.43. The lowest BCUT2D eigenvalue weighted by atomic mass is 9.95. The maximum Gasteiger partial charge on any atom is 0.272 e. The third-order valence-corrected chi connectivity index (χ3v) is 2.96. The number of hydrogen-bond donors (Lipinski definition) is 1. The van der Waals surface area contributed by atoms with Gasteiger partial charge in [0.15, 0.2) is 0 Å². The summed E-state index contributed by atoms with van der Waals surface area (Å²) >= 11 is 0. The molecule has 3 rings (SSSR count). The number of fused-ring (bicyclic) bond motifs is 1. The van der Waals surface area contributed by atoms with Crippen LogP contribution in [0.15, 0.2) is 47.5 Å². The van der Waals surface area contributed by atoms with Crippen molar-refractivity contribution in [3.8, 4) is 0 Å². The maximum atomic E-state index is 11.7. The van der Waals surface area contributed by atoms with E-state index in [9.17, 15) is 4.79 Å². The van der Waals surface area contributed by atoms with Gasteiger partial charge in [-0.15, -0.1) is 0 Å². The van der Waals surface area contributed by atoms with E-state index in [4.69, 9.17) is 7.85 Å². The van der Waals surface area contributed by atoms with Crippen LogP contribution in [0.5, 0.6) is 0 Å². The molecule has 1 aromatic carbocycles. The summed E-state index contributed by atoms with van der Waals surface area (Å²) in [6, 6.07) is 9.27. The first-order valence-electron chi connectivity index (χ1n) is 5.90. The third kappa shape index (κ3) is 2.27. The predicted octanol–water partition coefficient (Wildman–Crippen LogP) is 0.703. The Kier molecular flexibility index (Phi) is 2.87. The van der Waals surface area contributed by atoms with Crippen LogP contribution in [0, 0.1) is 0 Å². The molecule has 1 N–H and O–H groups in total. The number of nitrogens with zero attached hydrogens (tertiary/aromatic N) is 2. The lowest BCUT2D eigenvalue weighted by Crippen LogP contribution is -2.12. The zero-order chi connectivity index (χ0) is 13.2. The van der Waals surface area contributed by atoms with Gasteiger partial charge in [-0.2, -0.15) is 5.10 Å². The van der Waals surface area contributed by atoms with Crippen LogP contribution in [-0.2, 0) is 6.42 Å². The number of nitrogens with one attached hydrogen (secondary N) is 1. The molecule has 0 unspecified atom stereocenters. The molecule has 2 aromatic heterocycles. The first-order valence-corrected chi connectivity index (χ1v) is 5.90. The number of H-pyrrole nitrogens is 1. The van der Waals surface area contributed by atoms with Gasteiger partial charge >= 0.3 is 0 Å². The van der Waals surface area contributed by atoms with Crippen molar-refractivity contribution in [3.05, 3.63) is 64.3 Å². The van der Waals surface area contributed by atoms with Crippen molar-refractivity contribution in [2.75, 3.05) is 0 Å². The van der Waals surface area contributed by atoms with Gasteiger partial charge in [0, 0.05) is 24.2 Å². The lowest BCUT2D eigenvalue weighted by molar-refractivity contribution is 0.932. The summed E-state index contributed by atoms with van der Waals surface area (Å²) in [5, 5.41) is 8.14. The van der Waals surface area contributed by atoms with Crippen LogP contribution in [0.25, 0.3) is 10.8 Å². The molecule has 0 saturated carbocycles. The lowest BCUT2D eigenvalue weighted by Gasteiger charge is -2.05. The maximum absolute atomic E-state index is 11.7. The Morgan fingerprint density at radius 1 is 1.16 bits per heavy atom. The van der Waals surface area contributed by atoms with Crippen LogP contribution in [0.3, 0.4) is 0 Å². The number of aromatic amines is 1. The summed E-state index contributed by atoms with van der Waals surface area (Å²) in [6.45, 7) is 0. The fraction of sp³-hybridized carbons (Fsp3) is 0.0714. The molecule has 0 spiro atoms. The second-order valence-corrected chi connectivity index (χ2v) is 4.35. The van der Waals surface area contributed by atoms with Gasteiger partial charge in [-0.25, -0.2) is 5.10 Å². The summed E-state index contributed by atoms with van der Waals surface area (Å²) in [6.07, 6.45) is 3.93. The highest BCUT2D eigenvalue weighted by Crippen LogP contribution is 2.15. The minimum Gasteiger partial charge on any atom is -0.267 e. The summed E-state index contributed by atoms with van der Waals surface area (Å²) in [5.41, 5.74) is 2.21. The van der Waals surface area contributed by atoms with Gasteiger partial charge in [0.1, 0.15) is 7.85 Å². The Balaban J connectivity index is 2.11. The van der Waals surface area contributed by atoms with Crippen LogP contribution in [0.2, 0.25) is 0 Å². The molecule has 3 aromatic rings. The van der Waals surface area contributed by atoms with E-state index in [1.54, 1.807) is 18.5 Å². The molecule has 0 atom stereocenters. The molecule has 19 heavy (non-hydrogen) atoms. The van der Waals surface area contributed by atoms with Crippen LogP contribution in [-0.4, -0.2) is 23.0 Å². The van der Waals surface area contributed by atoms with Crippen molar-refractivity contribution in [2.45, 2.75) is 6.42 Å². The Bertz CT molecular complexity index is 798. The summed E-state index contributed by atoms with van der Waals surface area (Å²) < 4.78 is 0. The normalized spacial score (nSPS) is 10.7. The number of benzene rings is 1. The van der Waals surface area contributed by atoms with E-state index >= 15 is 0 Å². The zero-order valence-electron chi connectivity index (χ0n) is 10.1.